The Kier molecular flexibility index (Phi) is 7.99. The number of hydrogen-bond acceptors (Lipinski definition) is 4. The van der Waals surface area contributed by atoms with Gasteiger partial charge in [-0.3, -0.25) is 9.69 Å². The molecule has 0 radical (unpaired) electrons. The van der Waals surface area contributed by atoms with Crippen molar-refractivity contribution in [2.45, 2.75) is 6.10 Å². The zero-order valence-corrected chi connectivity index (χ0v) is 19.0. The number of carbonyl (C=O) groups is 1. The van der Waals surface area contributed by atoms with E-state index in [4.69, 9.17) is 4.74 Å². The third-order valence-electron chi connectivity index (χ3n) is 5.68. The summed E-state index contributed by atoms with van der Waals surface area (Å²) in [6.45, 7) is 4.08. The minimum atomic E-state index is -0.406. The van der Waals surface area contributed by atoms with E-state index in [0.717, 1.165) is 29.8 Å². The average Bonchev–Trinajstić information content (AvgIpc) is 3.36. The van der Waals surface area contributed by atoms with Gasteiger partial charge >= 0.3 is 0 Å². The van der Waals surface area contributed by atoms with Gasteiger partial charge in [-0.25, -0.2) is 8.78 Å². The average molecular weight is 469 g/mol. The summed E-state index contributed by atoms with van der Waals surface area (Å²) in [6, 6.07) is 14.4. The maximum absolute atomic E-state index is 13.4. The lowest BCUT2D eigenvalue weighted by Gasteiger charge is -2.34. The third-order valence-corrected chi connectivity index (χ3v) is 6.38. The largest absolute Gasteiger partial charge is 0.367 e. The van der Waals surface area contributed by atoms with Crippen molar-refractivity contribution in [3.8, 4) is 0 Å². The van der Waals surface area contributed by atoms with Gasteiger partial charge in [0.05, 0.1) is 6.61 Å². The number of ether oxygens (including phenoxy) is 1. The number of piperazine rings is 1. The van der Waals surface area contributed by atoms with Crippen LogP contribution in [0.5, 0.6) is 0 Å². The highest BCUT2D eigenvalue weighted by atomic mass is 32.1. The highest BCUT2D eigenvalue weighted by Gasteiger charge is 2.21. The van der Waals surface area contributed by atoms with E-state index in [-0.39, 0.29) is 17.5 Å². The lowest BCUT2D eigenvalue weighted by molar-refractivity contribution is -0.127. The van der Waals surface area contributed by atoms with Crippen LogP contribution in [-0.2, 0) is 9.53 Å². The number of halogens is 2. The molecule has 4 rings (SSSR count). The summed E-state index contributed by atoms with van der Waals surface area (Å²) < 4.78 is 32.9. The van der Waals surface area contributed by atoms with Crippen LogP contribution in [0, 0.1) is 11.6 Å². The monoisotopic (exact) mass is 468 g/mol. The zero-order chi connectivity index (χ0) is 23.0. The Morgan fingerprint density at radius 3 is 2.09 bits per heavy atom. The molecule has 1 amide bonds. The van der Waals surface area contributed by atoms with Crippen molar-refractivity contribution in [1.82, 2.24) is 9.80 Å². The van der Waals surface area contributed by atoms with Crippen molar-refractivity contribution < 1.29 is 18.3 Å². The van der Waals surface area contributed by atoms with Crippen molar-refractivity contribution in [2.75, 3.05) is 39.3 Å². The smallest absolute Gasteiger partial charge is 0.246 e. The fourth-order valence-corrected chi connectivity index (χ4v) is 4.42. The van der Waals surface area contributed by atoms with Crippen LogP contribution in [0.1, 0.15) is 22.8 Å². The molecule has 0 bridgehead atoms. The Morgan fingerprint density at radius 1 is 0.939 bits per heavy atom. The van der Waals surface area contributed by atoms with Gasteiger partial charge < -0.3 is 9.64 Å². The van der Waals surface area contributed by atoms with Crippen LogP contribution < -0.4 is 0 Å². The Bertz CT molecular complexity index is 999. The summed E-state index contributed by atoms with van der Waals surface area (Å²) in [5.41, 5.74) is 2.67. The number of rotatable bonds is 8. The van der Waals surface area contributed by atoms with Crippen molar-refractivity contribution in [3.63, 3.8) is 0 Å². The predicted octanol–water partition coefficient (Wildman–Crippen LogP) is 4.99. The van der Waals surface area contributed by atoms with Gasteiger partial charge in [0.15, 0.2) is 0 Å². The summed E-state index contributed by atoms with van der Waals surface area (Å²) in [6.07, 6.45) is 3.08. The van der Waals surface area contributed by atoms with Gasteiger partial charge in [-0.2, -0.15) is 11.3 Å². The number of nitrogens with zero attached hydrogens (tertiary/aromatic N) is 2. The quantitative estimate of drug-likeness (QED) is 0.437. The number of hydrogen-bond donors (Lipinski definition) is 0. The zero-order valence-electron chi connectivity index (χ0n) is 18.2. The van der Waals surface area contributed by atoms with Gasteiger partial charge in [-0.15, -0.1) is 0 Å². The fourth-order valence-electron chi connectivity index (χ4n) is 3.79. The molecule has 0 saturated carbocycles. The Morgan fingerprint density at radius 2 is 1.55 bits per heavy atom. The molecule has 0 N–H and O–H groups in total. The van der Waals surface area contributed by atoms with Gasteiger partial charge in [0.2, 0.25) is 5.91 Å². The maximum Gasteiger partial charge on any atom is 0.246 e. The van der Waals surface area contributed by atoms with Gasteiger partial charge in [-0.1, -0.05) is 24.3 Å². The molecule has 1 aromatic heterocycles. The molecule has 4 nitrogen and oxygen atoms in total. The van der Waals surface area contributed by atoms with Gasteiger partial charge in [0.25, 0.3) is 0 Å². The Hall–Kier alpha value is -2.87. The lowest BCUT2D eigenvalue weighted by atomic mass is 10.0. The van der Waals surface area contributed by atoms with Crippen molar-refractivity contribution in [1.29, 1.82) is 0 Å². The second kappa shape index (κ2) is 11.3. The second-order valence-corrected chi connectivity index (χ2v) is 8.69. The Balaban J connectivity index is 1.28. The van der Waals surface area contributed by atoms with E-state index in [0.29, 0.717) is 26.2 Å². The van der Waals surface area contributed by atoms with E-state index in [2.05, 4.69) is 4.90 Å². The molecule has 2 heterocycles. The van der Waals surface area contributed by atoms with Crippen molar-refractivity contribution in [3.05, 3.63) is 99.8 Å². The number of thiophene rings is 1. The molecule has 7 heteroatoms. The van der Waals surface area contributed by atoms with Crippen LogP contribution in [-0.4, -0.2) is 55.0 Å². The molecule has 1 saturated heterocycles. The minimum absolute atomic E-state index is 0.0322. The van der Waals surface area contributed by atoms with Gasteiger partial charge in [0.1, 0.15) is 17.7 Å². The lowest BCUT2D eigenvalue weighted by Crippen LogP contribution is -2.49. The highest BCUT2D eigenvalue weighted by molar-refractivity contribution is 7.08. The van der Waals surface area contributed by atoms with Crippen LogP contribution in [0.3, 0.4) is 0 Å². The molecule has 3 aromatic rings. The molecule has 2 aromatic carbocycles. The maximum atomic E-state index is 13.4. The van der Waals surface area contributed by atoms with E-state index in [1.807, 2.05) is 27.8 Å². The van der Waals surface area contributed by atoms with Crippen LogP contribution >= 0.6 is 11.3 Å². The van der Waals surface area contributed by atoms with Crippen molar-refractivity contribution in [2.24, 2.45) is 0 Å². The van der Waals surface area contributed by atoms with E-state index < -0.39 is 6.10 Å². The fraction of sp³-hybridized carbons (Fsp3) is 0.269. The topological polar surface area (TPSA) is 32.8 Å². The SMILES string of the molecule is O=C(C=Cc1ccsc1)N1CCN(CCOC(c2ccc(F)cc2)c2ccc(F)cc2)CC1. The number of amides is 1. The summed E-state index contributed by atoms with van der Waals surface area (Å²) in [5, 5.41) is 3.99. The summed E-state index contributed by atoms with van der Waals surface area (Å²) in [5.74, 6) is -0.590. The summed E-state index contributed by atoms with van der Waals surface area (Å²) >= 11 is 1.61. The summed E-state index contributed by atoms with van der Waals surface area (Å²) in [7, 11) is 0. The molecular formula is C26H26F2N2O2S. The Labute approximate surface area is 196 Å². The first-order chi connectivity index (χ1) is 16.1. The molecular weight excluding hydrogens is 442 g/mol. The number of carbonyl (C=O) groups excluding carboxylic acids is 1. The first-order valence-electron chi connectivity index (χ1n) is 10.9. The normalized spacial score (nSPS) is 14.9. The highest BCUT2D eigenvalue weighted by Crippen LogP contribution is 2.26. The predicted molar refractivity (Wildman–Crippen MR) is 127 cm³/mol. The second-order valence-electron chi connectivity index (χ2n) is 7.91. The van der Waals surface area contributed by atoms with Crippen molar-refractivity contribution >= 4 is 23.3 Å². The van der Waals surface area contributed by atoms with Gasteiger partial charge in [-0.05, 0) is 63.9 Å². The standard InChI is InChI=1S/C26H26F2N2O2S/c27-23-6-2-21(3-7-23)26(22-4-8-24(28)9-5-22)32-17-16-29-12-14-30(15-13-29)25(31)10-1-20-11-18-33-19-20/h1-11,18-19,26H,12-17H2. The minimum Gasteiger partial charge on any atom is -0.367 e. The molecule has 1 aliphatic heterocycles. The molecule has 33 heavy (non-hydrogen) atoms. The van der Waals surface area contributed by atoms with E-state index in [9.17, 15) is 13.6 Å². The van der Waals surface area contributed by atoms with Crippen LogP contribution in [0.4, 0.5) is 8.78 Å². The first kappa shape index (κ1) is 23.3. The first-order valence-corrected chi connectivity index (χ1v) is 11.9. The van der Waals surface area contributed by atoms with Crippen LogP contribution in [0.15, 0.2) is 71.4 Å². The van der Waals surface area contributed by atoms with E-state index in [1.54, 1.807) is 41.7 Å². The molecule has 1 aliphatic rings. The molecule has 0 atom stereocenters. The molecule has 0 spiro atoms. The number of benzene rings is 2. The van der Waals surface area contributed by atoms with Gasteiger partial charge in [0, 0.05) is 38.8 Å². The molecule has 0 unspecified atom stereocenters. The van der Waals surface area contributed by atoms with Crippen LogP contribution in [0.2, 0.25) is 0 Å². The molecule has 172 valence electrons. The molecule has 0 aliphatic carbocycles. The third kappa shape index (κ3) is 6.57. The molecule has 1 fully saturated rings. The van der Waals surface area contributed by atoms with E-state index >= 15 is 0 Å². The van der Waals surface area contributed by atoms with E-state index in [1.165, 1.54) is 24.3 Å². The van der Waals surface area contributed by atoms with Crippen LogP contribution in [0.25, 0.3) is 6.08 Å². The summed E-state index contributed by atoms with van der Waals surface area (Å²) in [4.78, 5) is 16.5.